The van der Waals surface area contributed by atoms with Crippen LogP contribution in [-0.4, -0.2) is 20.0 Å². The highest BCUT2D eigenvalue weighted by Crippen LogP contribution is 2.53. The molecule has 9 rings (SSSR count). The van der Waals surface area contributed by atoms with Crippen LogP contribution in [0.25, 0.3) is 0 Å². The Morgan fingerprint density at radius 1 is 0.159 bits per heavy atom. The van der Waals surface area contributed by atoms with E-state index in [1.807, 2.05) is 0 Å². The maximum Gasteiger partial charge on any atom is 0.109 e. The summed E-state index contributed by atoms with van der Waals surface area (Å²) in [5.41, 5.74) is 0. The monoisotopic (exact) mass is 1210 g/mol. The fourth-order valence-electron chi connectivity index (χ4n) is 7.88. The van der Waals surface area contributed by atoms with Crippen molar-refractivity contribution in [3.63, 3.8) is 0 Å². The summed E-state index contributed by atoms with van der Waals surface area (Å²) in [6, 6.07) is 97.9. The van der Waals surface area contributed by atoms with Gasteiger partial charge in [-0.3, -0.25) is 0 Å². The molecular formula is C57H54I3P3. The van der Waals surface area contributed by atoms with Gasteiger partial charge in [-0.15, -0.1) is 0 Å². The number of halogens is 3. The Morgan fingerprint density at radius 2 is 0.238 bits per heavy atom. The van der Waals surface area contributed by atoms with Crippen LogP contribution in [0.1, 0.15) is 0 Å². The minimum absolute atomic E-state index is 0. The van der Waals surface area contributed by atoms with Crippen LogP contribution in [0.5, 0.6) is 0 Å². The van der Waals surface area contributed by atoms with Crippen LogP contribution >= 0.6 is 21.8 Å². The van der Waals surface area contributed by atoms with Crippen molar-refractivity contribution >= 4 is 69.5 Å². The first-order chi connectivity index (χ1) is 29.4. The molecule has 6 heteroatoms. The van der Waals surface area contributed by atoms with Gasteiger partial charge in [-0.05, 0) is 109 Å². The van der Waals surface area contributed by atoms with Crippen LogP contribution in [-0.2, 0) is 0 Å². The second-order valence-electron chi connectivity index (χ2n) is 15.0. The molecule has 0 aromatic heterocycles. The summed E-state index contributed by atoms with van der Waals surface area (Å²) in [6.45, 7) is 7.23. The van der Waals surface area contributed by atoms with Crippen molar-refractivity contribution in [1.82, 2.24) is 0 Å². The standard InChI is InChI=1S/3C19H18P.3HI/c3*1-20(17-11-5-2-6-12-17,18-13-7-3-8-14-18)19-15-9-4-10-16-19;;;/h3*2-16H,1H3;3*1H/q3*+1;;;/p-3. The van der Waals surface area contributed by atoms with E-state index in [9.17, 15) is 0 Å². The highest BCUT2D eigenvalue weighted by Gasteiger charge is 2.41. The Kier molecular flexibility index (Phi) is 21.3. The van der Waals surface area contributed by atoms with Gasteiger partial charge in [0.15, 0.2) is 0 Å². The van der Waals surface area contributed by atoms with Gasteiger partial charge < -0.3 is 71.9 Å². The molecule has 0 saturated heterocycles. The van der Waals surface area contributed by atoms with E-state index in [2.05, 4.69) is 293 Å². The Balaban J connectivity index is 0.000000203. The van der Waals surface area contributed by atoms with E-state index in [0.717, 1.165) is 0 Å². The van der Waals surface area contributed by atoms with Crippen LogP contribution in [0.3, 0.4) is 0 Å². The smallest absolute Gasteiger partial charge is 0.109 e. The van der Waals surface area contributed by atoms with Crippen molar-refractivity contribution in [3.05, 3.63) is 273 Å². The van der Waals surface area contributed by atoms with E-state index in [4.69, 9.17) is 0 Å². The van der Waals surface area contributed by atoms with Crippen molar-refractivity contribution < 1.29 is 71.9 Å². The lowest BCUT2D eigenvalue weighted by Gasteiger charge is -2.22. The molecule has 0 spiro atoms. The summed E-state index contributed by atoms with van der Waals surface area (Å²) < 4.78 is 0. The molecule has 9 aromatic carbocycles. The second-order valence-corrected chi connectivity index (χ2v) is 25.7. The molecule has 0 N–H and O–H groups in total. The molecule has 0 heterocycles. The zero-order chi connectivity index (χ0) is 41.5. The lowest BCUT2D eigenvalue weighted by molar-refractivity contribution is -0.00100. The van der Waals surface area contributed by atoms with E-state index in [-0.39, 0.29) is 71.9 Å². The minimum Gasteiger partial charge on any atom is -1.00 e. The third-order valence-electron chi connectivity index (χ3n) is 11.5. The Hall–Kier alpha value is -3.54. The molecular weight excluding hydrogens is 1160 g/mol. The molecule has 0 bridgehead atoms. The van der Waals surface area contributed by atoms with Crippen molar-refractivity contribution in [2.75, 3.05) is 20.0 Å². The van der Waals surface area contributed by atoms with Crippen LogP contribution in [0.15, 0.2) is 273 Å². The van der Waals surface area contributed by atoms with Gasteiger partial charge in [-0.1, -0.05) is 164 Å². The van der Waals surface area contributed by atoms with E-state index < -0.39 is 21.8 Å². The molecule has 0 aliphatic carbocycles. The minimum atomic E-state index is -1.53. The highest BCUT2D eigenvalue weighted by atomic mass is 127. The summed E-state index contributed by atoms with van der Waals surface area (Å²) in [4.78, 5) is 0. The molecule has 0 unspecified atom stereocenters. The van der Waals surface area contributed by atoms with Gasteiger partial charge in [0.25, 0.3) is 0 Å². The zero-order valence-electron chi connectivity index (χ0n) is 36.0. The van der Waals surface area contributed by atoms with Gasteiger partial charge in [-0.25, -0.2) is 0 Å². The average Bonchev–Trinajstić information content (AvgIpc) is 3.36. The summed E-state index contributed by atoms with van der Waals surface area (Å²) in [7, 11) is -4.58. The van der Waals surface area contributed by atoms with Crippen molar-refractivity contribution in [3.8, 4) is 0 Å². The molecule has 0 fully saturated rings. The molecule has 0 atom stereocenters. The SMILES string of the molecule is C[P+](c1ccccc1)(c1ccccc1)c1ccccc1.C[P+](c1ccccc1)(c1ccccc1)c1ccccc1.C[P+](c1ccccc1)(c1ccccc1)c1ccccc1.[I-].[I-].[I-]. The third kappa shape index (κ3) is 12.4. The summed E-state index contributed by atoms with van der Waals surface area (Å²) >= 11 is 0. The lowest BCUT2D eigenvalue weighted by Crippen LogP contribution is -3.00. The fourth-order valence-corrected chi connectivity index (χ4v) is 17.5. The molecule has 0 amide bonds. The van der Waals surface area contributed by atoms with Gasteiger partial charge >= 0.3 is 0 Å². The summed E-state index contributed by atoms with van der Waals surface area (Å²) in [6.07, 6.45) is 0. The van der Waals surface area contributed by atoms with Gasteiger partial charge in [0.05, 0.1) is 20.0 Å². The third-order valence-corrected chi connectivity index (χ3v) is 23.4. The Bertz CT molecular complexity index is 2000. The number of benzene rings is 9. The van der Waals surface area contributed by atoms with E-state index in [0.29, 0.717) is 0 Å². The normalized spacial score (nSPS) is 10.7. The van der Waals surface area contributed by atoms with Gasteiger partial charge in [0.2, 0.25) is 0 Å². The number of rotatable bonds is 9. The van der Waals surface area contributed by atoms with Crippen LogP contribution in [0.2, 0.25) is 0 Å². The number of hydrogen-bond donors (Lipinski definition) is 0. The van der Waals surface area contributed by atoms with E-state index in [1.165, 1.54) is 47.7 Å². The quantitative estimate of drug-likeness (QED) is 0.153. The maximum absolute atomic E-state index is 2.41. The molecule has 318 valence electrons. The van der Waals surface area contributed by atoms with E-state index >= 15 is 0 Å². The molecule has 0 saturated carbocycles. The summed E-state index contributed by atoms with van der Waals surface area (Å²) in [5.74, 6) is 0. The molecule has 63 heavy (non-hydrogen) atoms. The molecule has 0 aliphatic rings. The predicted octanol–water partition coefficient (Wildman–Crippen LogP) is 1.84. The van der Waals surface area contributed by atoms with E-state index in [1.54, 1.807) is 0 Å². The average molecular weight is 1210 g/mol. The Labute approximate surface area is 430 Å². The van der Waals surface area contributed by atoms with Crippen molar-refractivity contribution in [2.45, 2.75) is 0 Å². The van der Waals surface area contributed by atoms with Crippen LogP contribution in [0.4, 0.5) is 0 Å². The largest absolute Gasteiger partial charge is 1.00 e. The molecule has 0 aliphatic heterocycles. The number of hydrogen-bond acceptors (Lipinski definition) is 0. The first-order valence-electron chi connectivity index (χ1n) is 20.6. The van der Waals surface area contributed by atoms with Crippen molar-refractivity contribution in [1.29, 1.82) is 0 Å². The highest BCUT2D eigenvalue weighted by molar-refractivity contribution is 7.96. The van der Waals surface area contributed by atoms with Gasteiger partial charge in [0, 0.05) is 0 Å². The fraction of sp³-hybridized carbons (Fsp3) is 0.0526. The predicted molar refractivity (Wildman–Crippen MR) is 273 cm³/mol. The second kappa shape index (κ2) is 25.8. The van der Waals surface area contributed by atoms with Gasteiger partial charge in [-0.2, -0.15) is 0 Å². The molecule has 9 aromatic rings. The van der Waals surface area contributed by atoms with Crippen LogP contribution in [0, 0.1) is 0 Å². The first kappa shape index (κ1) is 52.1. The van der Waals surface area contributed by atoms with Gasteiger partial charge in [0.1, 0.15) is 69.5 Å². The van der Waals surface area contributed by atoms with Crippen molar-refractivity contribution in [2.24, 2.45) is 0 Å². The summed E-state index contributed by atoms with van der Waals surface area (Å²) in [5, 5.41) is 12.9. The first-order valence-corrected chi connectivity index (χ1v) is 27.3. The topological polar surface area (TPSA) is 0 Å². The maximum atomic E-state index is 2.41. The molecule has 0 radical (unpaired) electrons. The lowest BCUT2D eigenvalue weighted by atomic mass is 10.4. The zero-order valence-corrected chi connectivity index (χ0v) is 45.1. The Morgan fingerprint density at radius 3 is 0.317 bits per heavy atom. The molecule has 0 nitrogen and oxygen atoms in total. The van der Waals surface area contributed by atoms with Crippen LogP contribution < -0.4 is 120 Å².